The Bertz CT molecular complexity index is 648. The van der Waals surface area contributed by atoms with Crippen molar-refractivity contribution in [3.8, 4) is 0 Å². The number of piperidine rings is 1. The van der Waals surface area contributed by atoms with Crippen LogP contribution in [0.5, 0.6) is 0 Å². The number of carbonyl (C=O) groups is 3. The lowest BCUT2D eigenvalue weighted by molar-refractivity contribution is -0.179. The molecular formula is C19H26N2O6. The number of ether oxygens (including phenoxy) is 2. The highest BCUT2D eigenvalue weighted by molar-refractivity contribution is 6.31. The first-order chi connectivity index (χ1) is 12.7. The second kappa shape index (κ2) is 9.59. The summed E-state index contributed by atoms with van der Waals surface area (Å²) in [5, 5.41) is 2.99. The highest BCUT2D eigenvalue weighted by Gasteiger charge is 2.32. The minimum Gasteiger partial charge on any atom is -0.452 e. The summed E-state index contributed by atoms with van der Waals surface area (Å²) >= 11 is 0. The molecule has 0 saturated carbocycles. The van der Waals surface area contributed by atoms with E-state index in [2.05, 4.69) is 15.5 Å². The van der Waals surface area contributed by atoms with Crippen LogP contribution in [0.4, 0.5) is 0 Å². The zero-order valence-electron chi connectivity index (χ0n) is 15.8. The summed E-state index contributed by atoms with van der Waals surface area (Å²) < 4.78 is 9.48. The average Bonchev–Trinajstić information content (AvgIpc) is 2.61. The molecule has 2 rings (SSSR count). The lowest BCUT2D eigenvalue weighted by atomic mass is 10.0. The largest absolute Gasteiger partial charge is 0.452 e. The van der Waals surface area contributed by atoms with Gasteiger partial charge >= 0.3 is 17.9 Å². The van der Waals surface area contributed by atoms with Gasteiger partial charge in [0, 0.05) is 12.6 Å². The summed E-state index contributed by atoms with van der Waals surface area (Å²) in [6, 6.07) is 9.13. The van der Waals surface area contributed by atoms with Gasteiger partial charge in [-0.3, -0.25) is 4.84 Å². The number of rotatable bonds is 5. The van der Waals surface area contributed by atoms with Gasteiger partial charge in [0.25, 0.3) is 0 Å². The van der Waals surface area contributed by atoms with Gasteiger partial charge in [-0.1, -0.05) is 30.3 Å². The number of hydrogen-bond donors (Lipinski definition) is 2. The summed E-state index contributed by atoms with van der Waals surface area (Å²) in [6.07, 6.45) is 1.11. The average molecular weight is 378 g/mol. The van der Waals surface area contributed by atoms with Crippen molar-refractivity contribution >= 4 is 17.9 Å². The molecule has 2 N–H and O–H groups in total. The van der Waals surface area contributed by atoms with Crippen molar-refractivity contribution in [3.05, 3.63) is 35.9 Å². The minimum atomic E-state index is -1.30. The number of esters is 3. The van der Waals surface area contributed by atoms with E-state index in [1.165, 1.54) is 0 Å². The van der Waals surface area contributed by atoms with Gasteiger partial charge in [-0.15, -0.1) is 0 Å². The Balaban J connectivity index is 1.67. The van der Waals surface area contributed by atoms with Crippen molar-refractivity contribution in [1.82, 2.24) is 10.8 Å². The number of hydrogen-bond acceptors (Lipinski definition) is 8. The van der Waals surface area contributed by atoms with Gasteiger partial charge < -0.3 is 14.8 Å². The van der Waals surface area contributed by atoms with Crippen molar-refractivity contribution in [2.45, 2.75) is 57.9 Å². The molecule has 0 spiro atoms. The second-order valence-electron chi connectivity index (χ2n) is 7.34. The van der Waals surface area contributed by atoms with Crippen LogP contribution < -0.4 is 10.8 Å². The van der Waals surface area contributed by atoms with E-state index in [0.717, 1.165) is 5.56 Å². The van der Waals surface area contributed by atoms with E-state index in [9.17, 15) is 14.4 Å². The van der Waals surface area contributed by atoms with E-state index in [0.29, 0.717) is 26.0 Å². The van der Waals surface area contributed by atoms with Crippen molar-refractivity contribution in [3.63, 3.8) is 0 Å². The molecule has 1 saturated heterocycles. The lowest BCUT2D eigenvalue weighted by Gasteiger charge is -2.28. The van der Waals surface area contributed by atoms with Crippen LogP contribution in [0, 0.1) is 0 Å². The third-order valence-electron chi connectivity index (χ3n) is 3.79. The van der Waals surface area contributed by atoms with Gasteiger partial charge in [0.1, 0.15) is 11.6 Å². The molecule has 0 bridgehead atoms. The van der Waals surface area contributed by atoms with Crippen LogP contribution in [-0.2, 0) is 35.3 Å². The third-order valence-corrected chi connectivity index (χ3v) is 3.79. The zero-order chi connectivity index (χ0) is 19.9. The first-order valence-electron chi connectivity index (χ1n) is 8.88. The molecule has 2 atom stereocenters. The van der Waals surface area contributed by atoms with E-state index in [4.69, 9.17) is 9.57 Å². The molecule has 1 fully saturated rings. The third kappa shape index (κ3) is 7.46. The fraction of sp³-hybridized carbons (Fsp3) is 0.526. The van der Waals surface area contributed by atoms with Crippen molar-refractivity contribution < 1.29 is 28.7 Å². The van der Waals surface area contributed by atoms with E-state index >= 15 is 0 Å². The second-order valence-corrected chi connectivity index (χ2v) is 7.34. The van der Waals surface area contributed by atoms with Gasteiger partial charge in [-0.25, -0.2) is 14.4 Å². The van der Waals surface area contributed by atoms with Gasteiger partial charge in [0.05, 0.1) is 6.61 Å². The van der Waals surface area contributed by atoms with Crippen molar-refractivity contribution in [2.24, 2.45) is 0 Å². The first-order valence-corrected chi connectivity index (χ1v) is 8.88. The summed E-state index contributed by atoms with van der Waals surface area (Å²) in [5.41, 5.74) is 3.18. The molecule has 1 aromatic rings. The van der Waals surface area contributed by atoms with Gasteiger partial charge in [-0.2, -0.15) is 5.48 Å². The fourth-order valence-electron chi connectivity index (χ4n) is 2.50. The first kappa shape index (κ1) is 21.0. The Morgan fingerprint density at radius 1 is 1.11 bits per heavy atom. The van der Waals surface area contributed by atoms with E-state index in [1.54, 1.807) is 20.8 Å². The normalized spacial score (nSPS) is 20.0. The van der Waals surface area contributed by atoms with Crippen LogP contribution in [0.2, 0.25) is 0 Å². The topological polar surface area (TPSA) is 103 Å². The lowest BCUT2D eigenvalue weighted by Crippen LogP contribution is -2.51. The van der Waals surface area contributed by atoms with Crippen molar-refractivity contribution in [1.29, 1.82) is 0 Å². The molecular weight excluding hydrogens is 352 g/mol. The standard InChI is InChI=1S/C19H26N2O6/c1-19(2,3)27-18(24)17(23)26-16(22)15-10-9-14(11-20-15)21-25-12-13-7-5-4-6-8-13/h4-8,14-15,20-21H,9-12H2,1-3H3/t14-,15+/m1/s1. The molecule has 0 aliphatic carbocycles. The number of nitrogens with one attached hydrogen (secondary N) is 2. The quantitative estimate of drug-likeness (QED) is 0.341. The predicted molar refractivity (Wildman–Crippen MR) is 96.1 cm³/mol. The Labute approximate surface area is 158 Å². The Morgan fingerprint density at radius 3 is 2.41 bits per heavy atom. The monoisotopic (exact) mass is 378 g/mol. The van der Waals surface area contributed by atoms with Crippen LogP contribution >= 0.6 is 0 Å². The van der Waals surface area contributed by atoms with Crippen LogP contribution in [-0.4, -0.2) is 42.1 Å². The molecule has 27 heavy (non-hydrogen) atoms. The Kier molecular flexibility index (Phi) is 7.46. The number of benzene rings is 1. The number of hydroxylamine groups is 1. The molecule has 0 radical (unpaired) electrons. The Morgan fingerprint density at radius 2 is 1.81 bits per heavy atom. The van der Waals surface area contributed by atoms with Gasteiger partial charge in [-0.05, 0) is 39.2 Å². The molecule has 0 aromatic heterocycles. The molecule has 0 unspecified atom stereocenters. The molecule has 1 aliphatic rings. The summed E-state index contributed by atoms with van der Waals surface area (Å²) in [7, 11) is 0. The Hall–Kier alpha value is -2.29. The molecule has 1 aromatic carbocycles. The van der Waals surface area contributed by atoms with Crippen LogP contribution in [0.25, 0.3) is 0 Å². The fourth-order valence-corrected chi connectivity index (χ4v) is 2.50. The highest BCUT2D eigenvalue weighted by Crippen LogP contribution is 2.12. The SMILES string of the molecule is CC(C)(C)OC(=O)C(=O)OC(=O)[C@@H]1CC[C@@H](NOCc2ccccc2)CN1. The summed E-state index contributed by atoms with van der Waals surface area (Å²) in [4.78, 5) is 40.7. The highest BCUT2D eigenvalue weighted by atomic mass is 16.6. The smallest absolute Gasteiger partial charge is 0.425 e. The summed E-state index contributed by atoms with van der Waals surface area (Å²) in [6.45, 7) is 5.77. The van der Waals surface area contributed by atoms with Gasteiger partial charge in [0.2, 0.25) is 0 Å². The zero-order valence-corrected chi connectivity index (χ0v) is 15.8. The van der Waals surface area contributed by atoms with Crippen LogP contribution in [0.1, 0.15) is 39.2 Å². The molecule has 8 nitrogen and oxygen atoms in total. The molecule has 1 heterocycles. The molecule has 1 aliphatic heterocycles. The maximum atomic E-state index is 12.0. The van der Waals surface area contributed by atoms with E-state index in [1.807, 2.05) is 30.3 Å². The maximum absolute atomic E-state index is 12.0. The van der Waals surface area contributed by atoms with E-state index < -0.39 is 29.6 Å². The van der Waals surface area contributed by atoms with Crippen molar-refractivity contribution in [2.75, 3.05) is 6.54 Å². The molecule has 148 valence electrons. The van der Waals surface area contributed by atoms with E-state index in [-0.39, 0.29) is 6.04 Å². The maximum Gasteiger partial charge on any atom is 0.425 e. The van der Waals surface area contributed by atoms with Crippen LogP contribution in [0.3, 0.4) is 0 Å². The predicted octanol–water partition coefficient (Wildman–Crippen LogP) is 1.24. The van der Waals surface area contributed by atoms with Gasteiger partial charge in [0.15, 0.2) is 0 Å². The van der Waals surface area contributed by atoms with Crippen LogP contribution in [0.15, 0.2) is 30.3 Å². The number of carbonyl (C=O) groups excluding carboxylic acids is 3. The molecule has 8 heteroatoms. The summed E-state index contributed by atoms with van der Waals surface area (Å²) in [5.74, 6) is -3.27. The minimum absolute atomic E-state index is 0.0271. The molecule has 0 amide bonds.